The number of hydrogen-bond acceptors (Lipinski definition) is 3. The molecule has 1 aromatic rings. The van der Waals surface area contributed by atoms with Crippen molar-refractivity contribution in [2.75, 3.05) is 19.7 Å². The van der Waals surface area contributed by atoms with E-state index < -0.39 is 0 Å². The quantitative estimate of drug-likeness (QED) is 0.920. The Morgan fingerprint density at radius 1 is 1.25 bits per heavy atom. The first-order valence-corrected chi connectivity index (χ1v) is 7.66. The minimum Gasteiger partial charge on any atom is -0.396 e. The third-order valence-corrected chi connectivity index (χ3v) is 5.16. The van der Waals surface area contributed by atoms with Crippen LogP contribution in [0, 0.1) is 0 Å². The Morgan fingerprint density at radius 2 is 1.95 bits per heavy atom. The van der Waals surface area contributed by atoms with Crippen LogP contribution in [0.2, 0.25) is 0 Å². The Balaban J connectivity index is 1.74. The van der Waals surface area contributed by atoms with Gasteiger partial charge < -0.3 is 9.84 Å². The van der Waals surface area contributed by atoms with Crippen molar-refractivity contribution in [2.45, 2.75) is 50.9 Å². The highest BCUT2D eigenvalue weighted by Crippen LogP contribution is 2.45. The molecule has 0 aliphatic carbocycles. The molecule has 0 aromatic heterocycles. The first-order chi connectivity index (χ1) is 9.57. The largest absolute Gasteiger partial charge is 0.396 e. The van der Waals surface area contributed by atoms with Gasteiger partial charge in [0.25, 0.3) is 0 Å². The smallest absolute Gasteiger partial charge is 0.0963 e. The van der Waals surface area contributed by atoms with Gasteiger partial charge in [0.05, 0.1) is 12.2 Å². The molecule has 0 unspecified atom stereocenters. The number of benzene rings is 1. The predicted molar refractivity (Wildman–Crippen MR) is 79.5 cm³/mol. The number of nitrogens with zero attached hydrogens (tertiary/aromatic N) is 1. The second-order valence-electron chi connectivity index (χ2n) is 6.71. The fraction of sp³-hybridized carbons (Fsp3) is 0.647. The van der Waals surface area contributed by atoms with Crippen LogP contribution in [0.1, 0.15) is 44.2 Å². The first kappa shape index (κ1) is 14.1. The topological polar surface area (TPSA) is 32.7 Å². The lowest BCUT2D eigenvalue weighted by Gasteiger charge is -2.46. The molecule has 3 nitrogen and oxygen atoms in total. The molecule has 2 heterocycles. The summed E-state index contributed by atoms with van der Waals surface area (Å²) in [6.45, 7) is 7.56. The van der Waals surface area contributed by atoms with Crippen LogP contribution in [0.4, 0.5) is 0 Å². The fourth-order valence-electron chi connectivity index (χ4n) is 3.70. The maximum atomic E-state index is 9.22. The Labute approximate surface area is 121 Å². The van der Waals surface area contributed by atoms with E-state index in [1.54, 1.807) is 0 Å². The van der Waals surface area contributed by atoms with E-state index in [9.17, 15) is 5.11 Å². The average molecular weight is 275 g/mol. The van der Waals surface area contributed by atoms with Crippen LogP contribution in [0.5, 0.6) is 0 Å². The minimum absolute atomic E-state index is 0.0532. The second-order valence-corrected chi connectivity index (χ2v) is 6.71. The number of aliphatic hydroxyl groups is 1. The van der Waals surface area contributed by atoms with Crippen molar-refractivity contribution >= 4 is 0 Å². The van der Waals surface area contributed by atoms with Crippen molar-refractivity contribution in [3.05, 3.63) is 35.4 Å². The molecule has 0 radical (unpaired) electrons. The lowest BCUT2D eigenvalue weighted by molar-refractivity contribution is -0.0938. The van der Waals surface area contributed by atoms with Crippen LogP contribution in [0.3, 0.4) is 0 Å². The zero-order valence-corrected chi connectivity index (χ0v) is 12.6. The van der Waals surface area contributed by atoms with Crippen LogP contribution < -0.4 is 0 Å². The summed E-state index contributed by atoms with van der Waals surface area (Å²) < 4.78 is 6.20. The number of fused-ring (bicyclic) bond motifs is 2. The number of piperidine rings is 1. The molecule has 1 spiro atoms. The first-order valence-electron chi connectivity index (χ1n) is 7.66. The van der Waals surface area contributed by atoms with Gasteiger partial charge in [-0.25, -0.2) is 0 Å². The molecule has 2 aliphatic heterocycles. The molecule has 20 heavy (non-hydrogen) atoms. The molecule has 0 amide bonds. The molecule has 3 rings (SSSR count). The summed E-state index contributed by atoms with van der Waals surface area (Å²) in [5.41, 5.74) is 2.78. The Kier molecular flexibility index (Phi) is 3.61. The summed E-state index contributed by atoms with van der Waals surface area (Å²) in [7, 11) is 0. The van der Waals surface area contributed by atoms with Gasteiger partial charge in [0.15, 0.2) is 0 Å². The minimum atomic E-state index is -0.0532. The third-order valence-electron chi connectivity index (χ3n) is 5.16. The molecule has 1 N–H and O–H groups in total. The van der Waals surface area contributed by atoms with E-state index in [0.717, 1.165) is 39.0 Å². The molecule has 3 heteroatoms. The van der Waals surface area contributed by atoms with Crippen molar-refractivity contribution in [3.8, 4) is 0 Å². The second kappa shape index (κ2) is 5.14. The summed E-state index contributed by atoms with van der Waals surface area (Å²) >= 11 is 0. The summed E-state index contributed by atoms with van der Waals surface area (Å²) in [6, 6.07) is 8.64. The molecule has 110 valence electrons. The van der Waals surface area contributed by atoms with Gasteiger partial charge in [-0.15, -0.1) is 0 Å². The fourth-order valence-corrected chi connectivity index (χ4v) is 3.70. The van der Waals surface area contributed by atoms with Gasteiger partial charge in [0, 0.05) is 25.2 Å². The number of likely N-dealkylation sites (tertiary alicyclic amines) is 1. The lowest BCUT2D eigenvalue weighted by atomic mass is 9.82. The van der Waals surface area contributed by atoms with Crippen LogP contribution in [-0.4, -0.2) is 35.2 Å². The van der Waals surface area contributed by atoms with Gasteiger partial charge in [0.2, 0.25) is 0 Å². The SMILES string of the molecule is CC(C)(CCO)N1CCC2(CC1)OCc1ccccc12. The zero-order chi connectivity index (χ0) is 14.2. The van der Waals surface area contributed by atoms with E-state index in [1.807, 2.05) is 0 Å². The molecule has 0 bridgehead atoms. The monoisotopic (exact) mass is 275 g/mol. The number of aliphatic hydroxyl groups excluding tert-OH is 1. The molecule has 2 aliphatic rings. The lowest BCUT2D eigenvalue weighted by Crippen LogP contribution is -2.52. The Morgan fingerprint density at radius 3 is 2.65 bits per heavy atom. The molecule has 1 fully saturated rings. The van der Waals surface area contributed by atoms with E-state index in [0.29, 0.717) is 0 Å². The van der Waals surface area contributed by atoms with Crippen LogP contribution >= 0.6 is 0 Å². The van der Waals surface area contributed by atoms with Gasteiger partial charge >= 0.3 is 0 Å². The van der Waals surface area contributed by atoms with Gasteiger partial charge in [-0.2, -0.15) is 0 Å². The molecule has 0 atom stereocenters. The van der Waals surface area contributed by atoms with E-state index in [1.165, 1.54) is 11.1 Å². The molecule has 1 aromatic carbocycles. The van der Waals surface area contributed by atoms with E-state index in [4.69, 9.17) is 4.74 Å². The summed E-state index contributed by atoms with van der Waals surface area (Å²) in [5.74, 6) is 0. The van der Waals surface area contributed by atoms with Crippen molar-refractivity contribution in [2.24, 2.45) is 0 Å². The average Bonchev–Trinajstić information content (AvgIpc) is 2.79. The van der Waals surface area contributed by atoms with Crippen molar-refractivity contribution in [3.63, 3.8) is 0 Å². The highest BCUT2D eigenvalue weighted by Gasteiger charge is 2.44. The van der Waals surface area contributed by atoms with Crippen LogP contribution in [0.25, 0.3) is 0 Å². The van der Waals surface area contributed by atoms with Crippen molar-refractivity contribution in [1.29, 1.82) is 0 Å². The van der Waals surface area contributed by atoms with E-state index in [2.05, 4.69) is 43.0 Å². The number of rotatable bonds is 3. The maximum Gasteiger partial charge on any atom is 0.0963 e. The summed E-state index contributed by atoms with van der Waals surface area (Å²) in [4.78, 5) is 2.50. The molecule has 0 saturated carbocycles. The predicted octanol–water partition coefficient (Wildman–Crippen LogP) is 2.67. The van der Waals surface area contributed by atoms with Gasteiger partial charge in [-0.1, -0.05) is 24.3 Å². The summed E-state index contributed by atoms with van der Waals surface area (Å²) in [5, 5.41) is 9.22. The van der Waals surface area contributed by atoms with Crippen molar-refractivity contribution < 1.29 is 9.84 Å². The Hall–Kier alpha value is -0.900. The Bertz CT molecular complexity index is 476. The molecular weight excluding hydrogens is 250 g/mol. The standard InChI is InChI=1S/C17H25NO2/c1-16(2,9-12-19)18-10-7-17(8-11-18)15-6-4-3-5-14(15)13-20-17/h3-6,19H,7-13H2,1-2H3. The molecule has 1 saturated heterocycles. The van der Waals surface area contributed by atoms with Gasteiger partial charge in [-0.05, 0) is 44.2 Å². The molecular formula is C17H25NO2. The highest BCUT2D eigenvalue weighted by atomic mass is 16.5. The van der Waals surface area contributed by atoms with Gasteiger partial charge in [-0.3, -0.25) is 4.90 Å². The zero-order valence-electron chi connectivity index (χ0n) is 12.6. The maximum absolute atomic E-state index is 9.22. The van der Waals surface area contributed by atoms with E-state index >= 15 is 0 Å². The number of ether oxygens (including phenoxy) is 1. The third kappa shape index (κ3) is 2.28. The summed E-state index contributed by atoms with van der Waals surface area (Å²) in [6.07, 6.45) is 2.94. The normalized spacial score (nSPS) is 22.1. The van der Waals surface area contributed by atoms with Crippen LogP contribution in [-0.2, 0) is 16.9 Å². The number of hydrogen-bond donors (Lipinski definition) is 1. The van der Waals surface area contributed by atoms with Gasteiger partial charge in [0.1, 0.15) is 0 Å². The van der Waals surface area contributed by atoms with Crippen LogP contribution in [0.15, 0.2) is 24.3 Å². The van der Waals surface area contributed by atoms with Crippen molar-refractivity contribution in [1.82, 2.24) is 4.90 Å². The highest BCUT2D eigenvalue weighted by molar-refractivity contribution is 5.35. The van der Waals surface area contributed by atoms with E-state index in [-0.39, 0.29) is 17.7 Å².